The minimum atomic E-state index is 0. The number of aryl methyl sites for hydroxylation is 2. The molecule has 2 aromatic rings. The minimum absolute atomic E-state index is 0. The maximum atomic E-state index is 4.49. The zero-order valence-corrected chi connectivity index (χ0v) is 15.3. The molecule has 2 aromatic heterocycles. The minimum Gasteiger partial charge on any atom is -0.363 e. The van der Waals surface area contributed by atoms with Gasteiger partial charge in [-0.15, -0.1) is 23.7 Å². The number of nitrogens with zero attached hydrogens (tertiary/aromatic N) is 3. The van der Waals surface area contributed by atoms with Crippen LogP contribution in [-0.2, 0) is 20.1 Å². The number of hydrogen-bond acceptors (Lipinski definition) is 4. The fourth-order valence-electron chi connectivity index (χ4n) is 2.21. The standard InChI is InChI=1S/C13H19BrN4S.ClH/c1-9-11(13(17(2)3)18(4)16-9)8-15-7-10-5-6-12(14)19-10;/h5-6,15H,7-8H2,1-4H3;1H. The summed E-state index contributed by atoms with van der Waals surface area (Å²) >= 11 is 5.25. The van der Waals surface area contributed by atoms with E-state index < -0.39 is 0 Å². The van der Waals surface area contributed by atoms with E-state index in [1.807, 2.05) is 11.7 Å². The van der Waals surface area contributed by atoms with Crippen molar-refractivity contribution in [2.24, 2.45) is 7.05 Å². The first kappa shape index (κ1) is 17.5. The molecule has 0 atom stereocenters. The number of halogens is 2. The smallest absolute Gasteiger partial charge is 0.130 e. The Labute approximate surface area is 138 Å². The fourth-order valence-corrected chi connectivity index (χ4v) is 3.67. The van der Waals surface area contributed by atoms with Crippen molar-refractivity contribution in [2.45, 2.75) is 20.0 Å². The molecule has 2 rings (SSSR count). The molecule has 0 radical (unpaired) electrons. The van der Waals surface area contributed by atoms with Gasteiger partial charge in [0.1, 0.15) is 5.82 Å². The number of aromatic nitrogens is 2. The van der Waals surface area contributed by atoms with E-state index in [0.29, 0.717) is 0 Å². The van der Waals surface area contributed by atoms with E-state index in [1.54, 1.807) is 11.3 Å². The third-order valence-corrected chi connectivity index (χ3v) is 4.59. The lowest BCUT2D eigenvalue weighted by Crippen LogP contribution is -2.18. The third-order valence-electron chi connectivity index (χ3n) is 2.97. The van der Waals surface area contributed by atoms with Gasteiger partial charge in [-0.05, 0) is 35.0 Å². The molecular formula is C13H20BrClN4S. The van der Waals surface area contributed by atoms with Gasteiger partial charge in [-0.25, -0.2) is 0 Å². The zero-order chi connectivity index (χ0) is 14.0. The van der Waals surface area contributed by atoms with Gasteiger partial charge in [-0.2, -0.15) is 5.10 Å². The maximum absolute atomic E-state index is 4.49. The van der Waals surface area contributed by atoms with Gasteiger partial charge in [0.2, 0.25) is 0 Å². The molecule has 0 saturated heterocycles. The van der Waals surface area contributed by atoms with Crippen LogP contribution in [0, 0.1) is 6.92 Å². The Balaban J connectivity index is 0.00000200. The number of thiophene rings is 1. The lowest BCUT2D eigenvalue weighted by molar-refractivity contribution is 0.695. The SMILES string of the molecule is Cc1nn(C)c(N(C)C)c1CNCc1ccc(Br)s1.Cl. The molecule has 0 fully saturated rings. The normalized spacial score (nSPS) is 10.4. The van der Waals surface area contributed by atoms with Gasteiger partial charge in [-0.3, -0.25) is 4.68 Å². The predicted octanol–water partition coefficient (Wildman–Crippen LogP) is 3.33. The van der Waals surface area contributed by atoms with Crippen LogP contribution in [0.2, 0.25) is 0 Å². The monoisotopic (exact) mass is 378 g/mol. The Bertz CT molecular complexity index is 565. The largest absolute Gasteiger partial charge is 0.363 e. The molecular weight excluding hydrogens is 360 g/mol. The summed E-state index contributed by atoms with van der Waals surface area (Å²) in [6.07, 6.45) is 0. The molecule has 0 bridgehead atoms. The van der Waals surface area contributed by atoms with Crippen LogP contribution in [0.15, 0.2) is 15.9 Å². The van der Waals surface area contributed by atoms with Crippen LogP contribution in [0.4, 0.5) is 5.82 Å². The highest BCUT2D eigenvalue weighted by atomic mass is 79.9. The predicted molar refractivity (Wildman–Crippen MR) is 92.1 cm³/mol. The summed E-state index contributed by atoms with van der Waals surface area (Å²) in [7, 11) is 6.09. The van der Waals surface area contributed by atoms with Gasteiger partial charge in [0, 0.05) is 44.7 Å². The highest BCUT2D eigenvalue weighted by molar-refractivity contribution is 9.11. The highest BCUT2D eigenvalue weighted by Crippen LogP contribution is 2.23. The van der Waals surface area contributed by atoms with Crippen molar-refractivity contribution in [1.82, 2.24) is 15.1 Å². The molecule has 1 N–H and O–H groups in total. The molecule has 20 heavy (non-hydrogen) atoms. The summed E-state index contributed by atoms with van der Waals surface area (Å²) in [6, 6.07) is 4.23. The van der Waals surface area contributed by atoms with E-state index in [2.05, 4.69) is 64.4 Å². The lowest BCUT2D eigenvalue weighted by Gasteiger charge is -2.15. The Kier molecular flexibility index (Phi) is 6.51. The topological polar surface area (TPSA) is 33.1 Å². The van der Waals surface area contributed by atoms with Crippen LogP contribution in [-0.4, -0.2) is 23.9 Å². The average molecular weight is 380 g/mol. The Morgan fingerprint density at radius 3 is 2.60 bits per heavy atom. The molecule has 0 aliphatic heterocycles. The van der Waals surface area contributed by atoms with Crippen molar-refractivity contribution in [3.63, 3.8) is 0 Å². The summed E-state index contributed by atoms with van der Waals surface area (Å²) in [6.45, 7) is 3.78. The third kappa shape index (κ3) is 3.97. The fraction of sp³-hybridized carbons (Fsp3) is 0.462. The van der Waals surface area contributed by atoms with Gasteiger partial charge in [0.25, 0.3) is 0 Å². The number of hydrogen-bond donors (Lipinski definition) is 1. The van der Waals surface area contributed by atoms with Crippen molar-refractivity contribution in [2.75, 3.05) is 19.0 Å². The average Bonchev–Trinajstić information content (AvgIpc) is 2.84. The number of rotatable bonds is 5. The van der Waals surface area contributed by atoms with Crippen molar-refractivity contribution in [3.8, 4) is 0 Å². The van der Waals surface area contributed by atoms with Crippen LogP contribution in [0.3, 0.4) is 0 Å². The first-order valence-electron chi connectivity index (χ1n) is 6.13. The first-order valence-corrected chi connectivity index (χ1v) is 7.74. The van der Waals surface area contributed by atoms with Crippen LogP contribution in [0.1, 0.15) is 16.1 Å². The van der Waals surface area contributed by atoms with Gasteiger partial charge in [0.15, 0.2) is 0 Å². The maximum Gasteiger partial charge on any atom is 0.130 e. The molecule has 0 aliphatic rings. The van der Waals surface area contributed by atoms with E-state index in [9.17, 15) is 0 Å². The van der Waals surface area contributed by atoms with Gasteiger partial charge in [0.05, 0.1) is 9.48 Å². The second-order valence-corrected chi connectivity index (χ2v) is 7.26. The second-order valence-electron chi connectivity index (χ2n) is 4.71. The zero-order valence-electron chi connectivity index (χ0n) is 12.1. The van der Waals surface area contributed by atoms with Crippen molar-refractivity contribution < 1.29 is 0 Å². The quantitative estimate of drug-likeness (QED) is 0.865. The summed E-state index contributed by atoms with van der Waals surface area (Å²) in [5.41, 5.74) is 2.36. The van der Waals surface area contributed by atoms with E-state index in [4.69, 9.17) is 0 Å². The second kappa shape index (κ2) is 7.45. The van der Waals surface area contributed by atoms with Crippen molar-refractivity contribution in [1.29, 1.82) is 0 Å². The van der Waals surface area contributed by atoms with E-state index >= 15 is 0 Å². The molecule has 0 saturated carbocycles. The number of nitrogens with one attached hydrogen (secondary N) is 1. The van der Waals surface area contributed by atoms with Crippen LogP contribution in [0.25, 0.3) is 0 Å². The van der Waals surface area contributed by atoms with Crippen molar-refractivity contribution >= 4 is 45.5 Å². The summed E-state index contributed by atoms with van der Waals surface area (Å²) < 4.78 is 3.12. The molecule has 7 heteroatoms. The number of anilines is 1. The molecule has 0 amide bonds. The Morgan fingerprint density at radius 1 is 1.35 bits per heavy atom. The van der Waals surface area contributed by atoms with Crippen molar-refractivity contribution in [3.05, 3.63) is 32.1 Å². The van der Waals surface area contributed by atoms with Crippen LogP contribution < -0.4 is 10.2 Å². The molecule has 0 spiro atoms. The highest BCUT2D eigenvalue weighted by Gasteiger charge is 2.14. The van der Waals surface area contributed by atoms with Gasteiger partial charge < -0.3 is 10.2 Å². The molecule has 112 valence electrons. The first-order chi connectivity index (χ1) is 8.99. The van der Waals surface area contributed by atoms with E-state index in [1.165, 1.54) is 14.2 Å². The summed E-state index contributed by atoms with van der Waals surface area (Å²) in [5.74, 6) is 1.16. The van der Waals surface area contributed by atoms with E-state index in [0.717, 1.165) is 24.6 Å². The van der Waals surface area contributed by atoms with E-state index in [-0.39, 0.29) is 12.4 Å². The van der Waals surface area contributed by atoms with Gasteiger partial charge >= 0.3 is 0 Å². The Hall–Kier alpha value is -0.560. The van der Waals surface area contributed by atoms with Gasteiger partial charge in [-0.1, -0.05) is 0 Å². The summed E-state index contributed by atoms with van der Waals surface area (Å²) in [4.78, 5) is 3.44. The van der Waals surface area contributed by atoms with Crippen LogP contribution in [0.5, 0.6) is 0 Å². The Morgan fingerprint density at radius 2 is 2.05 bits per heavy atom. The summed E-state index contributed by atoms with van der Waals surface area (Å²) in [5, 5.41) is 7.98. The molecule has 4 nitrogen and oxygen atoms in total. The molecule has 0 unspecified atom stereocenters. The lowest BCUT2D eigenvalue weighted by atomic mass is 10.2. The van der Waals surface area contributed by atoms with Crippen LogP contribution >= 0.6 is 39.7 Å². The molecule has 0 aromatic carbocycles. The molecule has 0 aliphatic carbocycles. The molecule has 2 heterocycles.